The van der Waals surface area contributed by atoms with Gasteiger partial charge in [0.15, 0.2) is 0 Å². The molecule has 0 saturated carbocycles. The lowest BCUT2D eigenvalue weighted by Gasteiger charge is -2.36. The standard InChI is InChI=1S/C20H25NO2/c1-6-17(23-13(3)22)18-12(2)20(4,5)11-16-19(18)14-9-7-8-10-15(14)21-16/h7-10,17,21H,6,11H2,1-5H3. The van der Waals surface area contributed by atoms with Crippen LogP contribution in [0.25, 0.3) is 16.5 Å². The zero-order valence-electron chi connectivity index (χ0n) is 14.6. The van der Waals surface area contributed by atoms with Crippen molar-refractivity contribution >= 4 is 22.4 Å². The van der Waals surface area contributed by atoms with E-state index in [4.69, 9.17) is 4.74 Å². The van der Waals surface area contributed by atoms with Crippen LogP contribution in [-0.2, 0) is 16.0 Å². The summed E-state index contributed by atoms with van der Waals surface area (Å²) in [5.41, 5.74) is 6.21. The molecule has 23 heavy (non-hydrogen) atoms. The van der Waals surface area contributed by atoms with Crippen molar-refractivity contribution < 1.29 is 9.53 Å². The molecule has 1 aromatic carbocycles. The summed E-state index contributed by atoms with van der Waals surface area (Å²) in [6, 6.07) is 8.38. The van der Waals surface area contributed by atoms with Gasteiger partial charge in [-0.15, -0.1) is 0 Å². The zero-order valence-corrected chi connectivity index (χ0v) is 14.6. The Hall–Kier alpha value is -2.03. The summed E-state index contributed by atoms with van der Waals surface area (Å²) in [7, 11) is 0. The van der Waals surface area contributed by atoms with E-state index in [1.807, 2.05) is 0 Å². The lowest BCUT2D eigenvalue weighted by Crippen LogP contribution is -2.28. The fraction of sp³-hybridized carbons (Fsp3) is 0.450. The normalized spacial score (nSPS) is 18.0. The number of hydrogen-bond acceptors (Lipinski definition) is 2. The molecule has 0 spiro atoms. The van der Waals surface area contributed by atoms with E-state index >= 15 is 0 Å². The maximum absolute atomic E-state index is 11.6. The van der Waals surface area contributed by atoms with E-state index in [1.165, 1.54) is 34.7 Å². The van der Waals surface area contributed by atoms with Gasteiger partial charge in [0, 0.05) is 34.7 Å². The van der Waals surface area contributed by atoms with Gasteiger partial charge in [-0.25, -0.2) is 0 Å². The number of hydrogen-bond donors (Lipinski definition) is 1. The minimum atomic E-state index is -0.220. The Kier molecular flexibility index (Phi) is 3.83. The van der Waals surface area contributed by atoms with Crippen molar-refractivity contribution in [2.45, 2.75) is 53.6 Å². The average Bonchev–Trinajstić information content (AvgIpc) is 2.83. The summed E-state index contributed by atoms with van der Waals surface area (Å²) < 4.78 is 5.67. The maximum atomic E-state index is 11.6. The van der Waals surface area contributed by atoms with E-state index in [0.717, 1.165) is 18.4 Å². The van der Waals surface area contributed by atoms with Crippen LogP contribution in [0.3, 0.4) is 0 Å². The SMILES string of the molecule is CCC(OC(C)=O)C1=C(C)C(C)(C)Cc2[nH]c3ccccc3c21. The Labute approximate surface area is 137 Å². The first-order valence-electron chi connectivity index (χ1n) is 8.33. The topological polar surface area (TPSA) is 42.1 Å². The van der Waals surface area contributed by atoms with Crippen LogP contribution in [0.4, 0.5) is 0 Å². The molecule has 122 valence electrons. The van der Waals surface area contributed by atoms with Crippen LogP contribution < -0.4 is 0 Å². The average molecular weight is 311 g/mol. The van der Waals surface area contributed by atoms with Crippen molar-refractivity contribution in [3.05, 3.63) is 41.1 Å². The van der Waals surface area contributed by atoms with Crippen LogP contribution in [-0.4, -0.2) is 17.1 Å². The van der Waals surface area contributed by atoms with Crippen molar-refractivity contribution in [3.63, 3.8) is 0 Å². The molecular formula is C20H25NO2. The number of allylic oxidation sites excluding steroid dienone is 1. The van der Waals surface area contributed by atoms with E-state index in [-0.39, 0.29) is 17.5 Å². The molecule has 1 aliphatic rings. The molecule has 3 heteroatoms. The molecule has 0 bridgehead atoms. The van der Waals surface area contributed by atoms with Crippen LogP contribution >= 0.6 is 0 Å². The number of benzene rings is 1. The number of fused-ring (bicyclic) bond motifs is 3. The highest BCUT2D eigenvalue weighted by Crippen LogP contribution is 2.47. The third kappa shape index (κ3) is 2.58. The third-order valence-corrected chi connectivity index (χ3v) is 5.09. The molecule has 1 aromatic heterocycles. The van der Waals surface area contributed by atoms with Gasteiger partial charge in [-0.1, -0.05) is 44.5 Å². The number of esters is 1. The molecule has 3 rings (SSSR count). The Morgan fingerprint density at radius 3 is 2.70 bits per heavy atom. The molecular weight excluding hydrogens is 286 g/mol. The predicted molar refractivity (Wildman–Crippen MR) is 94.2 cm³/mol. The summed E-state index contributed by atoms with van der Waals surface area (Å²) in [6.07, 6.45) is 1.56. The van der Waals surface area contributed by atoms with Gasteiger partial charge in [-0.2, -0.15) is 0 Å². The van der Waals surface area contributed by atoms with E-state index < -0.39 is 0 Å². The maximum Gasteiger partial charge on any atom is 0.303 e. The monoisotopic (exact) mass is 311 g/mol. The summed E-state index contributed by atoms with van der Waals surface area (Å²) in [5.74, 6) is -0.220. The Balaban J connectivity index is 2.27. The number of para-hydroxylation sites is 1. The van der Waals surface area contributed by atoms with Gasteiger partial charge < -0.3 is 9.72 Å². The fourth-order valence-electron chi connectivity index (χ4n) is 3.71. The molecule has 1 heterocycles. The molecule has 0 aliphatic heterocycles. The number of aromatic nitrogens is 1. The molecule has 1 N–H and O–H groups in total. The van der Waals surface area contributed by atoms with Crippen LogP contribution in [0, 0.1) is 5.41 Å². The van der Waals surface area contributed by atoms with Crippen LogP contribution in [0.15, 0.2) is 29.8 Å². The Bertz CT molecular complexity index is 795. The lowest BCUT2D eigenvalue weighted by molar-refractivity contribution is -0.143. The minimum Gasteiger partial charge on any atom is -0.458 e. The quantitative estimate of drug-likeness (QED) is 0.822. The number of nitrogens with one attached hydrogen (secondary N) is 1. The molecule has 0 saturated heterocycles. The molecule has 1 atom stereocenters. The van der Waals surface area contributed by atoms with E-state index in [2.05, 4.69) is 56.9 Å². The Morgan fingerprint density at radius 2 is 2.04 bits per heavy atom. The number of rotatable bonds is 3. The first-order valence-corrected chi connectivity index (χ1v) is 8.33. The highest BCUT2D eigenvalue weighted by molar-refractivity contribution is 5.97. The summed E-state index contributed by atoms with van der Waals surface area (Å²) in [5, 5.41) is 1.22. The molecule has 3 nitrogen and oxygen atoms in total. The molecule has 1 unspecified atom stereocenters. The van der Waals surface area contributed by atoms with Crippen LogP contribution in [0.2, 0.25) is 0 Å². The summed E-state index contributed by atoms with van der Waals surface area (Å²) in [6.45, 7) is 10.3. The molecule has 0 amide bonds. The molecule has 1 aliphatic carbocycles. The van der Waals surface area contributed by atoms with Crippen LogP contribution in [0.1, 0.15) is 52.3 Å². The number of carbonyl (C=O) groups is 1. The second-order valence-corrected chi connectivity index (χ2v) is 7.13. The number of carbonyl (C=O) groups excluding carboxylic acids is 1. The molecule has 2 aromatic rings. The van der Waals surface area contributed by atoms with E-state index in [9.17, 15) is 4.79 Å². The van der Waals surface area contributed by atoms with Gasteiger partial charge in [0.2, 0.25) is 0 Å². The highest BCUT2D eigenvalue weighted by atomic mass is 16.5. The van der Waals surface area contributed by atoms with Crippen molar-refractivity contribution in [2.75, 3.05) is 0 Å². The van der Waals surface area contributed by atoms with Gasteiger partial charge in [0.25, 0.3) is 0 Å². The number of aromatic amines is 1. The summed E-state index contributed by atoms with van der Waals surface area (Å²) >= 11 is 0. The van der Waals surface area contributed by atoms with Crippen molar-refractivity contribution in [1.82, 2.24) is 4.98 Å². The highest BCUT2D eigenvalue weighted by Gasteiger charge is 2.36. The van der Waals surface area contributed by atoms with Crippen molar-refractivity contribution in [1.29, 1.82) is 0 Å². The minimum absolute atomic E-state index is 0.0524. The van der Waals surface area contributed by atoms with Crippen LogP contribution in [0.5, 0.6) is 0 Å². The van der Waals surface area contributed by atoms with Gasteiger partial charge >= 0.3 is 5.97 Å². The lowest BCUT2D eigenvalue weighted by atomic mass is 9.71. The first-order chi connectivity index (χ1) is 10.8. The van der Waals surface area contributed by atoms with Gasteiger partial charge in [-0.3, -0.25) is 4.79 Å². The van der Waals surface area contributed by atoms with Crippen molar-refractivity contribution in [3.8, 4) is 0 Å². The van der Waals surface area contributed by atoms with Gasteiger partial charge in [0.1, 0.15) is 6.10 Å². The molecule has 0 radical (unpaired) electrons. The number of ether oxygens (including phenoxy) is 1. The Morgan fingerprint density at radius 1 is 1.35 bits per heavy atom. The fourth-order valence-corrected chi connectivity index (χ4v) is 3.71. The first kappa shape index (κ1) is 15.9. The van der Waals surface area contributed by atoms with Crippen molar-refractivity contribution in [2.24, 2.45) is 5.41 Å². The predicted octanol–water partition coefficient (Wildman–Crippen LogP) is 4.87. The van der Waals surface area contributed by atoms with Gasteiger partial charge in [-0.05, 0) is 31.2 Å². The third-order valence-electron chi connectivity index (χ3n) is 5.09. The molecule has 0 fully saturated rings. The smallest absolute Gasteiger partial charge is 0.303 e. The largest absolute Gasteiger partial charge is 0.458 e. The second kappa shape index (κ2) is 5.55. The van der Waals surface area contributed by atoms with E-state index in [1.54, 1.807) is 0 Å². The zero-order chi connectivity index (χ0) is 16.8. The number of H-pyrrole nitrogens is 1. The van der Waals surface area contributed by atoms with E-state index in [0.29, 0.717) is 0 Å². The van der Waals surface area contributed by atoms with Gasteiger partial charge in [0.05, 0.1) is 0 Å². The second-order valence-electron chi connectivity index (χ2n) is 7.13. The summed E-state index contributed by atoms with van der Waals surface area (Å²) in [4.78, 5) is 15.2.